The molecule has 0 amide bonds. The summed E-state index contributed by atoms with van der Waals surface area (Å²) in [6.45, 7) is 0. The first-order chi connectivity index (χ1) is 10.2. The molecule has 0 aliphatic heterocycles. The number of methoxy groups -OCH3 is 1. The van der Waals surface area contributed by atoms with Crippen molar-refractivity contribution in [2.75, 3.05) is 12.8 Å². The van der Waals surface area contributed by atoms with Crippen molar-refractivity contribution in [2.24, 2.45) is 0 Å². The molecule has 6 heteroatoms. The van der Waals surface area contributed by atoms with Crippen molar-refractivity contribution in [3.8, 4) is 23.6 Å². The third-order valence-corrected chi connectivity index (χ3v) is 2.92. The fourth-order valence-electron chi connectivity index (χ4n) is 1.96. The summed E-state index contributed by atoms with van der Waals surface area (Å²) in [4.78, 5) is 4.13. The molecule has 0 spiro atoms. The highest BCUT2D eigenvalue weighted by Crippen LogP contribution is 2.36. The summed E-state index contributed by atoms with van der Waals surface area (Å²) in [6.07, 6.45) is 0. The van der Waals surface area contributed by atoms with Gasteiger partial charge in [-0.2, -0.15) is 10.2 Å². The van der Waals surface area contributed by atoms with Gasteiger partial charge in [-0.15, -0.1) is 0 Å². The lowest BCUT2D eigenvalue weighted by Gasteiger charge is -2.07. The number of nitriles is 1. The van der Waals surface area contributed by atoms with E-state index in [0.717, 1.165) is 0 Å². The highest BCUT2D eigenvalue weighted by atomic mass is 16.5. The molecule has 2 aromatic heterocycles. The van der Waals surface area contributed by atoms with Gasteiger partial charge in [0, 0.05) is 6.07 Å². The fraction of sp³-hybridized carbons (Fsp3) is 0.0667. The van der Waals surface area contributed by atoms with E-state index < -0.39 is 0 Å². The number of fused-ring (bicyclic) bond motifs is 1. The number of para-hydroxylation sites is 1. The highest BCUT2D eigenvalue weighted by Gasteiger charge is 2.17. The lowest BCUT2D eigenvalue weighted by Crippen LogP contribution is -1.97. The Morgan fingerprint density at radius 3 is 2.81 bits per heavy atom. The van der Waals surface area contributed by atoms with Gasteiger partial charge in [0.25, 0.3) is 0 Å². The number of furan rings is 1. The van der Waals surface area contributed by atoms with Gasteiger partial charge in [0.05, 0.1) is 18.2 Å². The van der Waals surface area contributed by atoms with E-state index in [-0.39, 0.29) is 17.5 Å². The molecule has 3 aromatic rings. The normalized spacial score (nSPS) is 10.3. The van der Waals surface area contributed by atoms with Gasteiger partial charge in [-0.3, -0.25) is 0 Å². The zero-order chi connectivity index (χ0) is 14.8. The minimum Gasteiger partial charge on any atom is -0.479 e. The number of nitrogens with zero attached hydrogens (tertiary/aromatic N) is 2. The van der Waals surface area contributed by atoms with Gasteiger partial charge in [0.2, 0.25) is 17.5 Å². The topological polar surface area (TPSA) is 94.3 Å². The maximum atomic E-state index is 9.15. The van der Waals surface area contributed by atoms with E-state index >= 15 is 0 Å². The first kappa shape index (κ1) is 12.8. The number of anilines is 1. The lowest BCUT2D eigenvalue weighted by molar-refractivity contribution is 0.384. The molecule has 0 bridgehead atoms. The maximum absolute atomic E-state index is 9.15. The van der Waals surface area contributed by atoms with Crippen LogP contribution in [0.1, 0.15) is 5.76 Å². The van der Waals surface area contributed by atoms with E-state index in [4.69, 9.17) is 24.9 Å². The van der Waals surface area contributed by atoms with E-state index in [1.807, 2.05) is 24.3 Å². The van der Waals surface area contributed by atoms with E-state index in [1.54, 1.807) is 18.2 Å². The van der Waals surface area contributed by atoms with Crippen LogP contribution < -0.4 is 15.2 Å². The molecule has 0 aliphatic rings. The molecule has 0 aliphatic carbocycles. The van der Waals surface area contributed by atoms with Gasteiger partial charge in [-0.1, -0.05) is 12.1 Å². The minimum atomic E-state index is 0.0915. The largest absolute Gasteiger partial charge is 0.479 e. The van der Waals surface area contributed by atoms with Crippen molar-refractivity contribution in [2.45, 2.75) is 0 Å². The molecule has 0 saturated heterocycles. The molecule has 0 atom stereocenters. The van der Waals surface area contributed by atoms with Crippen molar-refractivity contribution < 1.29 is 13.9 Å². The summed E-state index contributed by atoms with van der Waals surface area (Å²) < 4.78 is 16.2. The molecule has 0 unspecified atom stereocenters. The van der Waals surface area contributed by atoms with Crippen molar-refractivity contribution >= 4 is 16.7 Å². The number of pyridine rings is 1. The second-order valence-corrected chi connectivity index (χ2v) is 4.22. The Bertz CT molecular complexity index is 849. The van der Waals surface area contributed by atoms with Crippen molar-refractivity contribution in [1.82, 2.24) is 4.98 Å². The third-order valence-electron chi connectivity index (χ3n) is 2.92. The quantitative estimate of drug-likeness (QED) is 0.792. The molecule has 2 N–H and O–H groups in total. The van der Waals surface area contributed by atoms with Crippen LogP contribution in [0.4, 0.5) is 5.69 Å². The molecule has 0 fully saturated rings. The third kappa shape index (κ3) is 2.21. The number of hydrogen-bond acceptors (Lipinski definition) is 6. The molecular weight excluding hydrogens is 270 g/mol. The Morgan fingerprint density at radius 1 is 1.24 bits per heavy atom. The van der Waals surface area contributed by atoms with Crippen molar-refractivity contribution in [1.29, 1.82) is 5.26 Å². The predicted octanol–water partition coefficient (Wildman–Crippen LogP) is 3.08. The van der Waals surface area contributed by atoms with E-state index in [1.165, 1.54) is 7.11 Å². The molecule has 3 rings (SSSR count). The Hall–Kier alpha value is -3.20. The Labute approximate surface area is 120 Å². The molecule has 104 valence electrons. The summed E-state index contributed by atoms with van der Waals surface area (Å²) in [5.41, 5.74) is 6.69. The molecule has 0 saturated carbocycles. The second-order valence-electron chi connectivity index (χ2n) is 4.22. The number of aromatic nitrogens is 1. The van der Waals surface area contributed by atoms with Gasteiger partial charge in [-0.25, -0.2) is 0 Å². The first-order valence-electron chi connectivity index (χ1n) is 6.13. The van der Waals surface area contributed by atoms with Crippen LogP contribution in [0, 0.1) is 11.3 Å². The number of rotatable bonds is 3. The first-order valence-corrected chi connectivity index (χ1v) is 6.13. The molecular formula is C15H11N3O3. The number of ether oxygens (including phenoxy) is 2. The second kappa shape index (κ2) is 5.06. The highest BCUT2D eigenvalue weighted by molar-refractivity contribution is 5.86. The average molecular weight is 281 g/mol. The van der Waals surface area contributed by atoms with Crippen LogP contribution in [-0.4, -0.2) is 12.1 Å². The van der Waals surface area contributed by atoms with Crippen LogP contribution >= 0.6 is 0 Å². The van der Waals surface area contributed by atoms with Crippen LogP contribution in [0.25, 0.3) is 11.0 Å². The Morgan fingerprint density at radius 2 is 2.05 bits per heavy atom. The lowest BCUT2D eigenvalue weighted by atomic mass is 10.2. The number of benzene rings is 1. The molecule has 1 aromatic carbocycles. The SMILES string of the molecule is COc1nc(Oc2c(C#N)oc3ccccc23)ccc1N. The Balaban J connectivity index is 2.07. The van der Waals surface area contributed by atoms with Gasteiger partial charge in [-0.05, 0) is 18.2 Å². The average Bonchev–Trinajstić information content (AvgIpc) is 2.87. The van der Waals surface area contributed by atoms with Crippen LogP contribution in [0.3, 0.4) is 0 Å². The van der Waals surface area contributed by atoms with Gasteiger partial charge in [0.1, 0.15) is 11.7 Å². The predicted molar refractivity (Wildman–Crippen MR) is 76.2 cm³/mol. The van der Waals surface area contributed by atoms with Crippen LogP contribution in [0.5, 0.6) is 17.5 Å². The van der Waals surface area contributed by atoms with E-state index in [9.17, 15) is 0 Å². The fourth-order valence-corrected chi connectivity index (χ4v) is 1.96. The number of nitrogen functional groups attached to an aromatic ring is 1. The zero-order valence-electron chi connectivity index (χ0n) is 11.2. The molecule has 0 radical (unpaired) electrons. The van der Waals surface area contributed by atoms with Crippen LogP contribution in [0.2, 0.25) is 0 Å². The summed E-state index contributed by atoms with van der Waals surface area (Å²) in [6, 6.07) is 12.4. The zero-order valence-corrected chi connectivity index (χ0v) is 11.2. The molecule has 21 heavy (non-hydrogen) atoms. The van der Waals surface area contributed by atoms with Crippen LogP contribution in [-0.2, 0) is 0 Å². The summed E-state index contributed by atoms with van der Waals surface area (Å²) in [7, 11) is 1.47. The van der Waals surface area contributed by atoms with Crippen molar-refractivity contribution in [3.05, 3.63) is 42.2 Å². The summed E-state index contributed by atoms with van der Waals surface area (Å²) in [5.74, 6) is 0.948. The Kier molecular flexibility index (Phi) is 3.09. The molecule has 2 heterocycles. The van der Waals surface area contributed by atoms with Gasteiger partial charge in [0.15, 0.2) is 5.75 Å². The summed E-state index contributed by atoms with van der Waals surface area (Å²) >= 11 is 0. The van der Waals surface area contributed by atoms with Gasteiger partial charge >= 0.3 is 0 Å². The van der Waals surface area contributed by atoms with Crippen LogP contribution in [0.15, 0.2) is 40.8 Å². The van der Waals surface area contributed by atoms with Crippen molar-refractivity contribution in [3.63, 3.8) is 0 Å². The standard InChI is InChI=1S/C15H11N3O3/c1-19-15-10(17)6-7-13(18-15)21-14-9-4-2-3-5-11(9)20-12(14)8-16/h2-7H,17H2,1H3. The summed E-state index contributed by atoms with van der Waals surface area (Å²) in [5, 5.41) is 9.85. The number of hydrogen-bond donors (Lipinski definition) is 1. The van der Waals surface area contributed by atoms with Gasteiger partial charge < -0.3 is 19.6 Å². The van der Waals surface area contributed by atoms with E-state index in [2.05, 4.69) is 4.98 Å². The number of nitrogens with two attached hydrogens (primary N) is 1. The maximum Gasteiger partial charge on any atom is 0.247 e. The minimum absolute atomic E-state index is 0.0915. The molecule has 6 nitrogen and oxygen atoms in total. The smallest absolute Gasteiger partial charge is 0.247 e. The monoisotopic (exact) mass is 281 g/mol. The van der Waals surface area contributed by atoms with E-state index in [0.29, 0.717) is 22.4 Å².